The first-order valence-corrected chi connectivity index (χ1v) is 6.77. The third-order valence-electron chi connectivity index (χ3n) is 3.05. The van der Waals surface area contributed by atoms with Crippen molar-refractivity contribution >= 4 is 29.3 Å². The Balaban J connectivity index is 2.90. The molecule has 0 aliphatic rings. The molecule has 136 valence electrons. The van der Waals surface area contributed by atoms with Gasteiger partial charge in [-0.3, -0.25) is 14.4 Å². The summed E-state index contributed by atoms with van der Waals surface area (Å²) in [5.41, 5.74) is -1.17. The van der Waals surface area contributed by atoms with E-state index in [1.807, 2.05) is 0 Å². The molecular weight excluding hydrogens is 347 g/mol. The molecule has 1 N–H and O–H groups in total. The van der Waals surface area contributed by atoms with E-state index >= 15 is 0 Å². The molecule has 25 heavy (non-hydrogen) atoms. The van der Waals surface area contributed by atoms with Crippen LogP contribution in [0.2, 0.25) is 0 Å². The zero-order valence-corrected chi connectivity index (χ0v) is 13.2. The minimum Gasteiger partial charge on any atom is -0.468 e. The predicted molar refractivity (Wildman–Crippen MR) is 77.2 cm³/mol. The number of ketones is 1. The maximum Gasteiger partial charge on any atom is 0.416 e. The van der Waals surface area contributed by atoms with Crippen molar-refractivity contribution in [3.63, 3.8) is 0 Å². The number of alkyl halides is 3. The lowest BCUT2D eigenvalue weighted by Crippen LogP contribution is -2.35. The molecule has 1 aromatic carbocycles. The first-order valence-electron chi connectivity index (χ1n) is 6.77. The van der Waals surface area contributed by atoms with E-state index < -0.39 is 47.7 Å². The van der Waals surface area contributed by atoms with Crippen molar-refractivity contribution in [3.05, 3.63) is 29.8 Å². The molecule has 1 atom stereocenters. The van der Waals surface area contributed by atoms with Crippen LogP contribution in [0.3, 0.4) is 0 Å². The largest absolute Gasteiger partial charge is 0.468 e. The highest BCUT2D eigenvalue weighted by molar-refractivity contribution is 6.38. The molecule has 0 unspecified atom stereocenters. The van der Waals surface area contributed by atoms with Crippen LogP contribution in [0.4, 0.5) is 18.9 Å². The summed E-state index contributed by atoms with van der Waals surface area (Å²) in [6.45, 7) is 0. The number of esters is 2. The lowest BCUT2D eigenvalue weighted by molar-refractivity contribution is -0.160. The zero-order valence-electron chi connectivity index (χ0n) is 13.2. The van der Waals surface area contributed by atoms with Crippen molar-refractivity contribution in [1.29, 1.82) is 0 Å². The Morgan fingerprint density at radius 2 is 1.76 bits per heavy atom. The van der Waals surface area contributed by atoms with Gasteiger partial charge in [0.05, 0.1) is 19.8 Å². The highest BCUT2D eigenvalue weighted by atomic mass is 19.4. The van der Waals surface area contributed by atoms with Gasteiger partial charge >= 0.3 is 18.1 Å². The minimum atomic E-state index is -4.60. The van der Waals surface area contributed by atoms with Crippen molar-refractivity contribution < 1.29 is 41.8 Å². The summed E-state index contributed by atoms with van der Waals surface area (Å²) in [6, 6.07) is 3.78. The van der Waals surface area contributed by atoms with Crippen LogP contribution in [0, 0.1) is 5.92 Å². The first kappa shape index (κ1) is 20.1. The Labute approximate surface area is 140 Å². The highest BCUT2D eigenvalue weighted by Crippen LogP contribution is 2.30. The van der Waals surface area contributed by atoms with Crippen LogP contribution in [0.15, 0.2) is 24.3 Å². The van der Waals surface area contributed by atoms with Gasteiger partial charge in [0, 0.05) is 12.1 Å². The van der Waals surface area contributed by atoms with E-state index in [-0.39, 0.29) is 5.69 Å². The Morgan fingerprint density at radius 3 is 2.28 bits per heavy atom. The molecule has 0 saturated heterocycles. The van der Waals surface area contributed by atoms with Gasteiger partial charge in [0.1, 0.15) is 5.92 Å². The number of anilines is 1. The molecule has 0 saturated carbocycles. The van der Waals surface area contributed by atoms with E-state index in [4.69, 9.17) is 0 Å². The Kier molecular flexibility index (Phi) is 6.66. The number of nitrogens with one attached hydrogen (secondary N) is 1. The van der Waals surface area contributed by atoms with Gasteiger partial charge in [0.2, 0.25) is 5.91 Å². The molecule has 0 aromatic heterocycles. The summed E-state index contributed by atoms with van der Waals surface area (Å²) in [5, 5.41) is 2.12. The van der Waals surface area contributed by atoms with E-state index in [9.17, 15) is 32.3 Å². The first-order chi connectivity index (χ1) is 11.6. The quantitative estimate of drug-likeness (QED) is 0.469. The SMILES string of the molecule is COC(=O)C(=O)[C@@H](CC(=O)Nc1cccc(C(F)(F)F)c1)C(=O)OC. The standard InChI is InChI=1S/C15H14F3NO6/c1-24-13(22)10(12(21)14(23)25-2)7-11(20)19-9-5-3-4-8(6-9)15(16,17)18/h3-6,10H,7H2,1-2H3,(H,19,20)/t10-/m1/s1. The smallest absolute Gasteiger partial charge is 0.416 e. The van der Waals surface area contributed by atoms with Gasteiger partial charge < -0.3 is 14.8 Å². The number of carbonyl (C=O) groups excluding carboxylic acids is 4. The number of benzene rings is 1. The second kappa shape index (κ2) is 8.27. The fourth-order valence-electron chi connectivity index (χ4n) is 1.84. The number of methoxy groups -OCH3 is 2. The van der Waals surface area contributed by atoms with Crippen molar-refractivity contribution in [2.24, 2.45) is 5.92 Å². The Bertz CT molecular complexity index is 686. The molecule has 0 bridgehead atoms. The number of carbonyl (C=O) groups is 4. The third-order valence-corrected chi connectivity index (χ3v) is 3.05. The van der Waals surface area contributed by atoms with Gasteiger partial charge in [-0.2, -0.15) is 13.2 Å². The maximum atomic E-state index is 12.6. The zero-order chi connectivity index (χ0) is 19.2. The van der Waals surface area contributed by atoms with Gasteiger partial charge in [0.25, 0.3) is 5.78 Å². The molecule has 0 aliphatic heterocycles. The van der Waals surface area contributed by atoms with Gasteiger partial charge in [-0.25, -0.2) is 4.79 Å². The molecule has 7 nitrogen and oxygen atoms in total. The summed E-state index contributed by atoms with van der Waals surface area (Å²) in [6.07, 6.45) is -5.40. The van der Waals surface area contributed by atoms with Crippen LogP contribution in [-0.2, 0) is 34.8 Å². The van der Waals surface area contributed by atoms with Crippen LogP contribution >= 0.6 is 0 Å². The number of ether oxygens (including phenoxy) is 2. The van der Waals surface area contributed by atoms with Crippen molar-refractivity contribution in [1.82, 2.24) is 0 Å². The minimum absolute atomic E-state index is 0.186. The number of amides is 1. The number of halogens is 3. The molecule has 1 amide bonds. The topological polar surface area (TPSA) is 98.8 Å². The van der Waals surface area contributed by atoms with Crippen LogP contribution in [0.5, 0.6) is 0 Å². The Hall–Kier alpha value is -2.91. The number of Topliss-reactive ketones (excluding diaryl/α,β-unsaturated/α-hetero) is 1. The van der Waals surface area contributed by atoms with E-state index in [1.165, 1.54) is 6.07 Å². The maximum absolute atomic E-state index is 12.6. The monoisotopic (exact) mass is 361 g/mol. The summed E-state index contributed by atoms with van der Waals surface area (Å²) in [4.78, 5) is 46.5. The van der Waals surface area contributed by atoms with Crippen LogP contribution < -0.4 is 5.32 Å². The van der Waals surface area contributed by atoms with E-state index in [1.54, 1.807) is 0 Å². The summed E-state index contributed by atoms with van der Waals surface area (Å²) in [5.74, 6) is -6.50. The summed E-state index contributed by atoms with van der Waals surface area (Å²) < 4.78 is 46.4. The van der Waals surface area contributed by atoms with Crippen molar-refractivity contribution in [2.75, 3.05) is 19.5 Å². The van der Waals surface area contributed by atoms with E-state index in [0.717, 1.165) is 26.4 Å². The lowest BCUT2D eigenvalue weighted by Gasteiger charge is -2.13. The van der Waals surface area contributed by atoms with Gasteiger partial charge in [0.15, 0.2) is 0 Å². The second-order valence-corrected chi connectivity index (χ2v) is 4.76. The number of hydrogen-bond acceptors (Lipinski definition) is 6. The average molecular weight is 361 g/mol. The van der Waals surface area contributed by atoms with Gasteiger partial charge in [-0.1, -0.05) is 6.07 Å². The normalized spacial score (nSPS) is 12.0. The van der Waals surface area contributed by atoms with Crippen LogP contribution in [0.1, 0.15) is 12.0 Å². The van der Waals surface area contributed by atoms with Crippen LogP contribution in [0.25, 0.3) is 0 Å². The van der Waals surface area contributed by atoms with E-state index in [2.05, 4.69) is 14.8 Å². The molecule has 0 heterocycles. The molecule has 1 rings (SSSR count). The van der Waals surface area contributed by atoms with Gasteiger partial charge in [-0.05, 0) is 18.2 Å². The third kappa shape index (κ3) is 5.59. The number of rotatable bonds is 6. The molecule has 0 aliphatic carbocycles. The molecule has 0 spiro atoms. The summed E-state index contributed by atoms with van der Waals surface area (Å²) in [7, 11) is 1.86. The van der Waals surface area contributed by atoms with Gasteiger partial charge in [-0.15, -0.1) is 0 Å². The number of hydrogen-bond donors (Lipinski definition) is 1. The molecule has 1 aromatic rings. The molecular formula is C15H14F3NO6. The molecule has 10 heteroatoms. The Morgan fingerprint density at radius 1 is 1.12 bits per heavy atom. The van der Waals surface area contributed by atoms with Crippen LogP contribution in [-0.4, -0.2) is 37.8 Å². The molecule has 0 radical (unpaired) electrons. The van der Waals surface area contributed by atoms with E-state index in [0.29, 0.717) is 6.07 Å². The predicted octanol–water partition coefficient (Wildman–Crippen LogP) is 1.57. The lowest BCUT2D eigenvalue weighted by atomic mass is 9.99. The van der Waals surface area contributed by atoms with Crippen molar-refractivity contribution in [3.8, 4) is 0 Å². The fourth-order valence-corrected chi connectivity index (χ4v) is 1.84. The van der Waals surface area contributed by atoms with Crippen molar-refractivity contribution in [2.45, 2.75) is 12.6 Å². The second-order valence-electron chi connectivity index (χ2n) is 4.76. The molecule has 0 fully saturated rings. The highest BCUT2D eigenvalue weighted by Gasteiger charge is 2.35. The average Bonchev–Trinajstić information content (AvgIpc) is 2.57. The fraction of sp³-hybridized carbons (Fsp3) is 0.333. The summed E-state index contributed by atoms with van der Waals surface area (Å²) >= 11 is 0.